The van der Waals surface area contributed by atoms with E-state index < -0.39 is 0 Å². The van der Waals surface area contributed by atoms with Gasteiger partial charge in [0.2, 0.25) is 0 Å². The Morgan fingerprint density at radius 1 is 1.15 bits per heavy atom. The van der Waals surface area contributed by atoms with Crippen molar-refractivity contribution in [3.63, 3.8) is 0 Å². The van der Waals surface area contributed by atoms with E-state index in [-0.39, 0.29) is 5.75 Å². The highest BCUT2D eigenvalue weighted by atomic mass is 16.5. The van der Waals surface area contributed by atoms with Crippen molar-refractivity contribution in [3.05, 3.63) is 42.0 Å². The van der Waals surface area contributed by atoms with Crippen LogP contribution in [0.3, 0.4) is 0 Å². The zero-order valence-electron chi connectivity index (χ0n) is 16.4. The zero-order chi connectivity index (χ0) is 19.2. The van der Waals surface area contributed by atoms with Crippen molar-refractivity contribution in [2.24, 2.45) is 11.3 Å². The summed E-state index contributed by atoms with van der Waals surface area (Å²) in [5.74, 6) is 1.97. The Hall–Kier alpha value is -2.56. The Morgan fingerprint density at radius 3 is 2.70 bits per heavy atom. The molecular formula is C22H27N3O2. The lowest BCUT2D eigenvalue weighted by Crippen LogP contribution is -2.26. The number of aromatic hydroxyl groups is 1. The first-order valence-electron chi connectivity index (χ1n) is 9.59. The van der Waals surface area contributed by atoms with Crippen molar-refractivity contribution in [1.29, 1.82) is 0 Å². The van der Waals surface area contributed by atoms with Gasteiger partial charge in [-0.1, -0.05) is 32.9 Å². The fourth-order valence-electron chi connectivity index (χ4n) is 4.77. The number of hydrogen-bond acceptors (Lipinski definition) is 4. The first-order valence-corrected chi connectivity index (χ1v) is 9.59. The van der Waals surface area contributed by atoms with Gasteiger partial charge in [-0.25, -0.2) is 0 Å². The molecule has 2 unspecified atom stereocenters. The Morgan fingerprint density at radius 2 is 1.96 bits per heavy atom. The molecule has 1 saturated carbocycles. The normalized spacial score (nSPS) is 22.1. The van der Waals surface area contributed by atoms with Crippen LogP contribution in [-0.2, 0) is 0 Å². The Labute approximate surface area is 160 Å². The molecule has 1 aromatic heterocycles. The molecule has 0 amide bonds. The van der Waals surface area contributed by atoms with Crippen LogP contribution in [0.15, 0.2) is 36.4 Å². The maximum atomic E-state index is 10.3. The first-order chi connectivity index (χ1) is 12.9. The molecule has 0 spiro atoms. The van der Waals surface area contributed by atoms with Crippen LogP contribution in [0.1, 0.15) is 51.5 Å². The van der Waals surface area contributed by atoms with Gasteiger partial charge >= 0.3 is 0 Å². The summed E-state index contributed by atoms with van der Waals surface area (Å²) in [7, 11) is 1.60. The van der Waals surface area contributed by atoms with Crippen molar-refractivity contribution in [1.82, 2.24) is 15.0 Å². The molecule has 4 rings (SSSR count). The van der Waals surface area contributed by atoms with Gasteiger partial charge in [-0.05, 0) is 60.3 Å². The van der Waals surface area contributed by atoms with Crippen molar-refractivity contribution in [3.8, 4) is 17.2 Å². The molecule has 142 valence electrons. The van der Waals surface area contributed by atoms with Gasteiger partial charge in [0.25, 0.3) is 0 Å². The van der Waals surface area contributed by atoms with Gasteiger partial charge < -0.3 is 9.84 Å². The molecule has 3 aromatic rings. The third-order valence-corrected chi connectivity index (χ3v) is 5.67. The third-order valence-electron chi connectivity index (χ3n) is 5.67. The van der Waals surface area contributed by atoms with Crippen LogP contribution in [0, 0.1) is 11.3 Å². The summed E-state index contributed by atoms with van der Waals surface area (Å²) in [5.41, 5.74) is 3.90. The summed E-state index contributed by atoms with van der Waals surface area (Å²) in [6.45, 7) is 7.07. The van der Waals surface area contributed by atoms with Crippen LogP contribution < -0.4 is 4.74 Å². The molecule has 2 atom stereocenters. The van der Waals surface area contributed by atoms with Crippen LogP contribution in [-0.4, -0.2) is 27.2 Å². The molecule has 1 aliphatic carbocycles. The van der Waals surface area contributed by atoms with Crippen LogP contribution in [0.5, 0.6) is 11.5 Å². The smallest absolute Gasteiger partial charge is 0.143 e. The van der Waals surface area contributed by atoms with Crippen LogP contribution in [0.4, 0.5) is 0 Å². The van der Waals surface area contributed by atoms with E-state index in [1.165, 1.54) is 23.2 Å². The van der Waals surface area contributed by atoms with Crippen LogP contribution >= 0.6 is 0 Å². The lowest BCUT2D eigenvalue weighted by atomic mass is 9.66. The lowest BCUT2D eigenvalue weighted by Gasteiger charge is -2.39. The van der Waals surface area contributed by atoms with Gasteiger partial charge in [-0.2, -0.15) is 0 Å². The molecule has 1 heterocycles. The van der Waals surface area contributed by atoms with E-state index in [1.807, 2.05) is 6.07 Å². The summed E-state index contributed by atoms with van der Waals surface area (Å²) < 4.78 is 5.28. The largest absolute Gasteiger partial charge is 0.506 e. The maximum absolute atomic E-state index is 10.3. The van der Waals surface area contributed by atoms with E-state index in [4.69, 9.17) is 9.84 Å². The summed E-state index contributed by atoms with van der Waals surface area (Å²) in [6, 6.07) is 11.3. The minimum Gasteiger partial charge on any atom is -0.506 e. The molecule has 1 aliphatic rings. The number of benzene rings is 2. The Balaban J connectivity index is 1.79. The number of ether oxygens (including phenoxy) is 1. The van der Waals surface area contributed by atoms with E-state index >= 15 is 0 Å². The molecule has 0 bridgehead atoms. The van der Waals surface area contributed by atoms with Gasteiger partial charge in [-0.15, -0.1) is 15.0 Å². The molecule has 1 N–H and O–H groups in total. The number of fused-ring (bicyclic) bond motifs is 1. The van der Waals surface area contributed by atoms with Crippen LogP contribution in [0.2, 0.25) is 0 Å². The summed E-state index contributed by atoms with van der Waals surface area (Å²) in [6.07, 6.45) is 3.61. The Kier molecular flexibility index (Phi) is 4.33. The quantitative estimate of drug-likeness (QED) is 0.704. The van der Waals surface area contributed by atoms with Gasteiger partial charge in [0.15, 0.2) is 0 Å². The highest BCUT2D eigenvalue weighted by Gasteiger charge is 2.33. The third kappa shape index (κ3) is 3.38. The van der Waals surface area contributed by atoms with E-state index in [9.17, 15) is 5.11 Å². The number of methoxy groups -OCH3 is 1. The summed E-state index contributed by atoms with van der Waals surface area (Å²) >= 11 is 0. The monoisotopic (exact) mass is 365 g/mol. The number of phenolic OH excluding ortho intramolecular Hbond substituents is 1. The summed E-state index contributed by atoms with van der Waals surface area (Å²) in [5, 5.41) is 19.7. The molecule has 0 radical (unpaired) electrons. The van der Waals surface area contributed by atoms with Gasteiger partial charge in [-0.3, -0.25) is 0 Å². The average molecular weight is 365 g/mol. The number of rotatable bonds is 3. The molecule has 27 heavy (non-hydrogen) atoms. The predicted molar refractivity (Wildman–Crippen MR) is 107 cm³/mol. The van der Waals surface area contributed by atoms with Crippen molar-refractivity contribution in [2.45, 2.75) is 46.0 Å². The predicted octanol–water partition coefficient (Wildman–Crippen LogP) is 5.06. The zero-order valence-corrected chi connectivity index (χ0v) is 16.4. The minimum atomic E-state index is 0.130. The van der Waals surface area contributed by atoms with Crippen molar-refractivity contribution in [2.75, 3.05) is 7.11 Å². The fraction of sp³-hybridized carbons (Fsp3) is 0.455. The highest BCUT2D eigenvalue weighted by Crippen LogP contribution is 2.47. The molecule has 1 fully saturated rings. The fourth-order valence-corrected chi connectivity index (χ4v) is 4.77. The van der Waals surface area contributed by atoms with E-state index in [0.717, 1.165) is 17.5 Å². The standard InChI is InChI=1S/C22H27N3O2/c1-14-10-15(13-22(2,3)12-14)17-6-5-7-18-21(17)24-25(23-18)19-11-16(27-4)8-9-20(19)26/h5-9,11,14-15,26H,10,12-13H2,1-4H3. The van der Waals surface area contributed by atoms with E-state index in [1.54, 1.807) is 25.3 Å². The van der Waals surface area contributed by atoms with Gasteiger partial charge in [0.1, 0.15) is 28.2 Å². The van der Waals surface area contributed by atoms with E-state index in [0.29, 0.717) is 28.7 Å². The molecular weight excluding hydrogens is 338 g/mol. The van der Waals surface area contributed by atoms with Crippen molar-refractivity contribution >= 4 is 11.0 Å². The molecule has 5 heteroatoms. The summed E-state index contributed by atoms with van der Waals surface area (Å²) in [4.78, 5) is 1.52. The molecule has 0 aliphatic heterocycles. The molecule has 2 aromatic carbocycles. The van der Waals surface area contributed by atoms with Crippen LogP contribution in [0.25, 0.3) is 16.7 Å². The minimum absolute atomic E-state index is 0.130. The average Bonchev–Trinajstić information content (AvgIpc) is 3.04. The lowest BCUT2D eigenvalue weighted by molar-refractivity contribution is 0.169. The second-order valence-electron chi connectivity index (χ2n) is 8.67. The number of phenols is 1. The van der Waals surface area contributed by atoms with Crippen molar-refractivity contribution < 1.29 is 9.84 Å². The maximum Gasteiger partial charge on any atom is 0.143 e. The number of aromatic nitrogens is 3. The highest BCUT2D eigenvalue weighted by molar-refractivity contribution is 5.78. The van der Waals surface area contributed by atoms with E-state index in [2.05, 4.69) is 38.0 Å². The topological polar surface area (TPSA) is 60.2 Å². The second kappa shape index (κ2) is 6.55. The Bertz CT molecular complexity index is 977. The molecule has 0 saturated heterocycles. The second-order valence-corrected chi connectivity index (χ2v) is 8.67. The number of hydrogen-bond donors (Lipinski definition) is 1. The van der Waals surface area contributed by atoms with Gasteiger partial charge in [0.05, 0.1) is 7.11 Å². The molecule has 5 nitrogen and oxygen atoms in total. The van der Waals surface area contributed by atoms with Gasteiger partial charge in [0, 0.05) is 6.07 Å². The SMILES string of the molecule is COc1ccc(O)c(-n2nc3cccc(C4CC(C)CC(C)(C)C4)c3n2)c1. The number of nitrogens with zero attached hydrogens (tertiary/aromatic N) is 3. The first kappa shape index (κ1) is 17.8.